The van der Waals surface area contributed by atoms with E-state index in [2.05, 4.69) is 0 Å². The van der Waals surface area contributed by atoms with Gasteiger partial charge in [-0.15, -0.1) is 0 Å². The molecule has 7 unspecified atom stereocenters. The molecule has 20 nitrogen and oxygen atoms in total. The molecule has 2 aromatic heterocycles. The van der Waals surface area contributed by atoms with E-state index in [0.29, 0.717) is 0 Å². The Morgan fingerprint density at radius 2 is 1.35 bits per heavy atom. The highest BCUT2D eigenvalue weighted by Crippen LogP contribution is 2.43. The van der Waals surface area contributed by atoms with Gasteiger partial charge in [0.25, 0.3) is 11.1 Å². The fourth-order valence-electron chi connectivity index (χ4n) is 4.47. The number of ether oxygens (including phenoxy) is 3. The number of hydrogen-bond acceptors (Lipinski definition) is 12. The Bertz CT molecular complexity index is 1620. The van der Waals surface area contributed by atoms with Crippen molar-refractivity contribution in [3.8, 4) is 0 Å². The summed E-state index contributed by atoms with van der Waals surface area (Å²) in [5, 5.41) is 30.4. The number of H-pyrrole nitrogens is 2. The van der Waals surface area contributed by atoms with Crippen molar-refractivity contribution >= 4 is 15.2 Å². The van der Waals surface area contributed by atoms with Crippen LogP contribution in [0.25, 0.3) is 0 Å². The summed E-state index contributed by atoms with van der Waals surface area (Å²) in [5.41, 5.74) is -5.86. The molecule has 22 heteroatoms. The van der Waals surface area contributed by atoms with Crippen molar-refractivity contribution in [3.05, 3.63) is 66.2 Å². The monoisotopic (exact) mass is 658 g/mol. The van der Waals surface area contributed by atoms with Crippen LogP contribution in [0.4, 0.5) is 0 Å². The molecule has 0 amide bonds. The van der Waals surface area contributed by atoms with E-state index in [-0.39, 0.29) is 12.8 Å². The van der Waals surface area contributed by atoms with Gasteiger partial charge < -0.3 is 49.1 Å². The molecule has 242 valence electrons. The van der Waals surface area contributed by atoms with Gasteiger partial charge in [-0.2, -0.15) is 0 Å². The van der Waals surface area contributed by atoms with Crippen LogP contribution < -0.4 is 22.5 Å². The second-order valence-corrected chi connectivity index (χ2v) is 13.8. The summed E-state index contributed by atoms with van der Waals surface area (Å²) in [6.07, 6.45) is -5.62. The van der Waals surface area contributed by atoms with E-state index in [9.17, 15) is 43.6 Å². The maximum Gasteiger partial charge on any atom is 0.351 e. The van der Waals surface area contributed by atoms with Crippen molar-refractivity contribution in [2.45, 2.75) is 68.8 Å². The predicted molar refractivity (Wildman–Crippen MR) is 142 cm³/mol. The van der Waals surface area contributed by atoms with Crippen LogP contribution in [0.5, 0.6) is 0 Å². The first-order valence-electron chi connectivity index (χ1n) is 12.4. The molecule has 0 radical (unpaired) electrons. The lowest BCUT2D eigenvalue weighted by Crippen LogP contribution is -2.40. The average Bonchev–Trinajstić information content (AvgIpc) is 3.31. The fourth-order valence-corrected chi connectivity index (χ4v) is 5.55. The molecule has 9 N–H and O–H groups in total. The maximum atomic E-state index is 11.7. The normalized spacial score (nSPS) is 30.1. The van der Waals surface area contributed by atoms with Crippen LogP contribution in [0.2, 0.25) is 0 Å². The van der Waals surface area contributed by atoms with E-state index < -0.39 is 92.4 Å². The Kier molecular flexibility index (Phi) is 10.4. The Balaban J connectivity index is 0.000000236. The zero-order valence-corrected chi connectivity index (χ0v) is 24.4. The maximum absolute atomic E-state index is 11.7. The summed E-state index contributed by atoms with van der Waals surface area (Å²) in [4.78, 5) is 84.8. The summed E-state index contributed by atoms with van der Waals surface area (Å²) in [6.45, 7) is 2.75. The number of aliphatic hydroxyl groups is 3. The van der Waals surface area contributed by atoms with E-state index in [4.69, 9.17) is 33.8 Å². The van der Waals surface area contributed by atoms with E-state index >= 15 is 0 Å². The van der Waals surface area contributed by atoms with Gasteiger partial charge in [0.15, 0.2) is 25.1 Å². The quantitative estimate of drug-likeness (QED) is 0.126. The molecule has 4 rings (SSSR count). The van der Waals surface area contributed by atoms with Crippen LogP contribution in [-0.2, 0) is 23.3 Å². The van der Waals surface area contributed by atoms with Gasteiger partial charge in [-0.05, 0) is 13.8 Å². The number of aliphatic hydroxyl groups excluding tert-OH is 1. The molecular weight excluding hydrogens is 626 g/mol. The lowest BCUT2D eigenvalue weighted by atomic mass is 9.98. The second-order valence-electron chi connectivity index (χ2n) is 10.5. The highest BCUT2D eigenvalue weighted by molar-refractivity contribution is 7.51. The van der Waals surface area contributed by atoms with Gasteiger partial charge in [-0.25, -0.2) is 9.59 Å². The van der Waals surface area contributed by atoms with Gasteiger partial charge in [0, 0.05) is 37.4 Å². The molecule has 2 aliphatic rings. The third kappa shape index (κ3) is 9.45. The zero-order chi connectivity index (χ0) is 32.5. The number of aromatic amines is 2. The van der Waals surface area contributed by atoms with Crippen molar-refractivity contribution in [2.75, 3.05) is 12.5 Å². The van der Waals surface area contributed by atoms with E-state index in [0.717, 1.165) is 33.7 Å². The molecule has 4 heterocycles. The molecule has 0 aliphatic carbocycles. The van der Waals surface area contributed by atoms with Crippen LogP contribution >= 0.6 is 15.2 Å². The first-order valence-corrected chi connectivity index (χ1v) is 15.9. The average molecular weight is 658 g/mol. The molecule has 0 spiro atoms. The standard InChI is InChI=1S/C11H17N2O8P.C10H15N2O8P/c1-11(17)4-7(6(14)5-22(18,19)20)21-9(11)13-3-2-8(15)12-10(13)16;1-10(15)4-7(19-5-21(16,17)18)20-8(10)12-3-2-6(13)11-9(12)14/h2-3,6-7,9,14,17H,4-5H2,1H3,(H,12,15,16)(H2,18,19,20);2-3,7-8,15H,4-5H2,1H3,(H,11,13,14)(H2,16,17,18). The van der Waals surface area contributed by atoms with Crippen LogP contribution in [0.3, 0.4) is 0 Å². The van der Waals surface area contributed by atoms with Crippen molar-refractivity contribution < 1.29 is 58.2 Å². The number of hydrogen-bond donors (Lipinski definition) is 9. The molecule has 0 bridgehead atoms. The molecule has 43 heavy (non-hydrogen) atoms. The summed E-state index contributed by atoms with van der Waals surface area (Å²) in [5.74, 6) is 0. The number of rotatable bonds is 8. The lowest BCUT2D eigenvalue weighted by molar-refractivity contribution is -0.155. The van der Waals surface area contributed by atoms with Crippen molar-refractivity contribution in [3.63, 3.8) is 0 Å². The van der Waals surface area contributed by atoms with Crippen LogP contribution in [-0.4, -0.2) is 96.2 Å². The number of nitrogens with zero attached hydrogens (tertiary/aromatic N) is 2. The minimum Gasteiger partial charge on any atom is -0.390 e. The van der Waals surface area contributed by atoms with Gasteiger partial charge in [0.1, 0.15) is 11.2 Å². The molecule has 0 saturated carbocycles. The molecule has 2 aromatic rings. The molecule has 7 atom stereocenters. The van der Waals surface area contributed by atoms with Gasteiger partial charge in [0.05, 0.1) is 18.4 Å². The highest BCUT2D eigenvalue weighted by Gasteiger charge is 2.49. The molecule has 2 saturated heterocycles. The van der Waals surface area contributed by atoms with Crippen molar-refractivity contribution in [1.82, 2.24) is 19.1 Å². The summed E-state index contributed by atoms with van der Waals surface area (Å²) < 4.78 is 39.2. The second kappa shape index (κ2) is 12.8. The van der Waals surface area contributed by atoms with Crippen LogP contribution in [0.1, 0.15) is 39.1 Å². The van der Waals surface area contributed by atoms with Gasteiger partial charge >= 0.3 is 26.6 Å². The first kappa shape index (κ1) is 34.9. The van der Waals surface area contributed by atoms with Crippen LogP contribution in [0.15, 0.2) is 43.7 Å². The molecule has 0 aromatic carbocycles. The summed E-state index contributed by atoms with van der Waals surface area (Å²) in [6, 6.07) is 2.16. The Hall–Kier alpha value is -2.58. The molecule has 2 fully saturated rings. The molecule has 2 aliphatic heterocycles. The lowest BCUT2D eigenvalue weighted by Gasteiger charge is -2.25. The third-order valence-electron chi connectivity index (χ3n) is 6.33. The van der Waals surface area contributed by atoms with Gasteiger partial charge in [0.2, 0.25) is 0 Å². The van der Waals surface area contributed by atoms with Crippen molar-refractivity contribution in [2.24, 2.45) is 0 Å². The SMILES string of the molecule is CC1(O)CC(C(O)CP(=O)(O)O)OC1n1ccc(=O)[nH]c1=O.CC1(O)CC(OCP(=O)(O)O)OC1n1ccc(=O)[nH]c1=O. The Morgan fingerprint density at radius 1 is 0.884 bits per heavy atom. The predicted octanol–water partition coefficient (Wildman–Crippen LogP) is -3.20. The fraction of sp³-hybridized carbons (Fsp3) is 0.619. The minimum atomic E-state index is -4.45. The summed E-state index contributed by atoms with van der Waals surface area (Å²) >= 11 is 0. The zero-order valence-electron chi connectivity index (χ0n) is 22.6. The van der Waals surface area contributed by atoms with E-state index in [1.165, 1.54) is 13.8 Å². The van der Waals surface area contributed by atoms with Crippen LogP contribution in [0, 0.1) is 0 Å². The Labute approximate surface area is 240 Å². The topological polar surface area (TPSA) is 313 Å². The Morgan fingerprint density at radius 3 is 1.79 bits per heavy atom. The smallest absolute Gasteiger partial charge is 0.351 e. The largest absolute Gasteiger partial charge is 0.390 e. The van der Waals surface area contributed by atoms with Crippen molar-refractivity contribution in [1.29, 1.82) is 0 Å². The highest BCUT2D eigenvalue weighted by atomic mass is 31.2. The van der Waals surface area contributed by atoms with E-state index in [1.807, 2.05) is 9.97 Å². The van der Waals surface area contributed by atoms with Gasteiger partial charge in [-0.1, -0.05) is 0 Å². The van der Waals surface area contributed by atoms with E-state index in [1.54, 1.807) is 0 Å². The molecular formula is C21H32N4O16P2. The summed E-state index contributed by atoms with van der Waals surface area (Å²) in [7, 11) is -8.82. The number of nitrogens with one attached hydrogen (secondary N) is 2. The first-order chi connectivity index (χ1) is 19.6. The number of aromatic nitrogens is 4. The van der Waals surface area contributed by atoms with Gasteiger partial charge in [-0.3, -0.25) is 37.8 Å². The minimum absolute atomic E-state index is 0.0940. The third-order valence-corrected chi connectivity index (χ3v) is 7.67.